The lowest BCUT2D eigenvalue weighted by Gasteiger charge is -2.25. The zero-order valence-electron chi connectivity index (χ0n) is 15.0. The van der Waals surface area contributed by atoms with Crippen molar-refractivity contribution in [2.24, 2.45) is 11.8 Å². The van der Waals surface area contributed by atoms with Crippen molar-refractivity contribution in [3.05, 3.63) is 35.9 Å². The Bertz CT molecular complexity index is 487. The van der Waals surface area contributed by atoms with E-state index in [9.17, 15) is 4.79 Å². The Balaban J connectivity index is 1.95. The van der Waals surface area contributed by atoms with Crippen LogP contribution in [-0.4, -0.2) is 49.6 Å². The first-order chi connectivity index (χ1) is 11.0. The van der Waals surface area contributed by atoms with Gasteiger partial charge < -0.3 is 15.1 Å². The molecule has 0 unspecified atom stereocenters. The number of rotatable bonds is 6. The van der Waals surface area contributed by atoms with Crippen molar-refractivity contribution >= 4 is 6.03 Å². The third-order valence-electron chi connectivity index (χ3n) is 4.40. The number of urea groups is 1. The van der Waals surface area contributed by atoms with E-state index in [2.05, 4.69) is 50.3 Å². The minimum atomic E-state index is 0.0840. The van der Waals surface area contributed by atoms with E-state index in [0.29, 0.717) is 11.8 Å². The molecule has 1 N–H and O–H groups in total. The summed E-state index contributed by atoms with van der Waals surface area (Å²) in [5.74, 6) is 1.14. The summed E-state index contributed by atoms with van der Waals surface area (Å²) in [7, 11) is 4.19. The summed E-state index contributed by atoms with van der Waals surface area (Å²) in [6, 6.07) is 10.5. The van der Waals surface area contributed by atoms with Crippen molar-refractivity contribution < 1.29 is 4.79 Å². The molecule has 2 atom stereocenters. The van der Waals surface area contributed by atoms with Gasteiger partial charge in [0.2, 0.25) is 0 Å². The summed E-state index contributed by atoms with van der Waals surface area (Å²) in [6.07, 6.45) is 2.07. The Morgan fingerprint density at radius 2 is 2.00 bits per heavy atom. The van der Waals surface area contributed by atoms with Gasteiger partial charge in [-0.05, 0) is 44.3 Å². The van der Waals surface area contributed by atoms with Gasteiger partial charge in [-0.3, -0.25) is 0 Å². The topological polar surface area (TPSA) is 35.6 Å². The summed E-state index contributed by atoms with van der Waals surface area (Å²) in [4.78, 5) is 16.8. The Hall–Kier alpha value is -1.55. The van der Waals surface area contributed by atoms with Crippen molar-refractivity contribution in [3.63, 3.8) is 0 Å². The largest absolute Gasteiger partial charge is 0.331 e. The second-order valence-corrected chi connectivity index (χ2v) is 7.41. The van der Waals surface area contributed by atoms with Crippen LogP contribution in [0.25, 0.3) is 0 Å². The van der Waals surface area contributed by atoms with Gasteiger partial charge in [-0.25, -0.2) is 4.79 Å². The SMILES string of the molecule is CC(C)C[C@@H](NC(=O)N1CC[C@H](CN(C)C)C1)c1ccccc1. The van der Waals surface area contributed by atoms with Crippen LogP contribution in [0.1, 0.15) is 38.3 Å². The summed E-state index contributed by atoms with van der Waals surface area (Å²) in [5, 5.41) is 3.25. The number of amides is 2. The molecule has 1 aromatic carbocycles. The fourth-order valence-electron chi connectivity index (χ4n) is 3.36. The molecule has 1 aromatic rings. The Labute approximate surface area is 140 Å². The van der Waals surface area contributed by atoms with E-state index in [1.807, 2.05) is 23.1 Å². The van der Waals surface area contributed by atoms with E-state index >= 15 is 0 Å². The lowest BCUT2D eigenvalue weighted by Crippen LogP contribution is -2.41. The van der Waals surface area contributed by atoms with Gasteiger partial charge in [0.25, 0.3) is 0 Å². The maximum absolute atomic E-state index is 12.6. The average molecular weight is 317 g/mol. The van der Waals surface area contributed by atoms with Gasteiger partial charge in [-0.1, -0.05) is 44.2 Å². The van der Waals surface area contributed by atoms with E-state index in [0.717, 1.165) is 32.5 Å². The van der Waals surface area contributed by atoms with Crippen LogP contribution in [0.4, 0.5) is 4.79 Å². The van der Waals surface area contributed by atoms with Crippen LogP contribution < -0.4 is 5.32 Å². The third-order valence-corrected chi connectivity index (χ3v) is 4.40. The minimum Gasteiger partial charge on any atom is -0.331 e. The molecule has 0 saturated carbocycles. The number of carbonyl (C=O) groups is 1. The lowest BCUT2D eigenvalue weighted by molar-refractivity contribution is 0.199. The molecule has 1 aliphatic heterocycles. The van der Waals surface area contributed by atoms with E-state index < -0.39 is 0 Å². The average Bonchev–Trinajstić information content (AvgIpc) is 2.95. The number of benzene rings is 1. The highest BCUT2D eigenvalue weighted by Gasteiger charge is 2.28. The fourth-order valence-corrected chi connectivity index (χ4v) is 3.36. The molecule has 2 rings (SSSR count). The molecule has 4 nitrogen and oxygen atoms in total. The maximum Gasteiger partial charge on any atom is 0.317 e. The lowest BCUT2D eigenvalue weighted by atomic mass is 9.97. The summed E-state index contributed by atoms with van der Waals surface area (Å²) in [5.41, 5.74) is 1.19. The second-order valence-electron chi connectivity index (χ2n) is 7.41. The van der Waals surface area contributed by atoms with E-state index in [1.165, 1.54) is 5.56 Å². The number of hydrogen-bond donors (Lipinski definition) is 1. The quantitative estimate of drug-likeness (QED) is 0.873. The van der Waals surface area contributed by atoms with Crippen molar-refractivity contribution in [3.8, 4) is 0 Å². The zero-order valence-corrected chi connectivity index (χ0v) is 15.0. The van der Waals surface area contributed by atoms with Crippen LogP contribution in [0, 0.1) is 11.8 Å². The number of hydrogen-bond acceptors (Lipinski definition) is 2. The van der Waals surface area contributed by atoms with Crippen molar-refractivity contribution in [2.45, 2.75) is 32.7 Å². The van der Waals surface area contributed by atoms with Gasteiger partial charge in [-0.15, -0.1) is 0 Å². The molecular formula is C19H31N3O. The fraction of sp³-hybridized carbons (Fsp3) is 0.632. The second kappa shape index (κ2) is 8.34. The maximum atomic E-state index is 12.6. The normalized spacial score (nSPS) is 19.4. The zero-order chi connectivity index (χ0) is 16.8. The third kappa shape index (κ3) is 5.54. The molecule has 4 heteroatoms. The Morgan fingerprint density at radius 1 is 1.30 bits per heavy atom. The highest BCUT2D eigenvalue weighted by atomic mass is 16.2. The standard InChI is InChI=1S/C19H31N3O/c1-15(2)12-18(17-8-6-5-7-9-17)20-19(23)22-11-10-16(14-22)13-21(3)4/h5-9,15-16,18H,10-14H2,1-4H3,(H,20,23)/t16-,18-/m1/s1. The molecule has 23 heavy (non-hydrogen) atoms. The molecule has 0 aromatic heterocycles. The van der Waals surface area contributed by atoms with Gasteiger partial charge in [-0.2, -0.15) is 0 Å². The van der Waals surface area contributed by atoms with Gasteiger partial charge in [0, 0.05) is 19.6 Å². The highest BCUT2D eigenvalue weighted by Crippen LogP contribution is 2.23. The minimum absolute atomic E-state index is 0.0840. The summed E-state index contributed by atoms with van der Waals surface area (Å²) in [6.45, 7) is 7.19. The molecule has 2 amide bonds. The summed E-state index contributed by atoms with van der Waals surface area (Å²) >= 11 is 0. The number of nitrogens with one attached hydrogen (secondary N) is 1. The molecule has 0 bridgehead atoms. The number of nitrogens with zero attached hydrogens (tertiary/aromatic N) is 2. The first-order valence-electron chi connectivity index (χ1n) is 8.70. The smallest absolute Gasteiger partial charge is 0.317 e. The molecule has 0 aliphatic carbocycles. The molecular weight excluding hydrogens is 286 g/mol. The molecule has 0 radical (unpaired) electrons. The van der Waals surface area contributed by atoms with E-state index in [4.69, 9.17) is 0 Å². The van der Waals surface area contributed by atoms with Crippen LogP contribution in [0.2, 0.25) is 0 Å². The summed E-state index contributed by atoms with van der Waals surface area (Å²) < 4.78 is 0. The van der Waals surface area contributed by atoms with Gasteiger partial charge in [0.05, 0.1) is 6.04 Å². The Morgan fingerprint density at radius 3 is 2.61 bits per heavy atom. The first-order valence-corrected chi connectivity index (χ1v) is 8.70. The monoisotopic (exact) mass is 317 g/mol. The van der Waals surface area contributed by atoms with Gasteiger partial charge in [0.1, 0.15) is 0 Å². The van der Waals surface area contributed by atoms with E-state index in [-0.39, 0.29) is 12.1 Å². The predicted octanol–water partition coefficient (Wildman–Crippen LogP) is 3.37. The Kier molecular flexibility index (Phi) is 6.46. The molecule has 1 saturated heterocycles. The van der Waals surface area contributed by atoms with Crippen LogP contribution in [0.15, 0.2) is 30.3 Å². The van der Waals surface area contributed by atoms with Crippen molar-refractivity contribution in [2.75, 3.05) is 33.7 Å². The van der Waals surface area contributed by atoms with Crippen LogP contribution >= 0.6 is 0 Å². The number of likely N-dealkylation sites (tertiary alicyclic amines) is 1. The first kappa shape index (κ1) is 17.8. The highest BCUT2D eigenvalue weighted by molar-refractivity contribution is 5.75. The van der Waals surface area contributed by atoms with Gasteiger partial charge in [0.15, 0.2) is 0 Å². The van der Waals surface area contributed by atoms with Crippen LogP contribution in [-0.2, 0) is 0 Å². The predicted molar refractivity (Wildman–Crippen MR) is 95.4 cm³/mol. The van der Waals surface area contributed by atoms with Crippen molar-refractivity contribution in [1.29, 1.82) is 0 Å². The van der Waals surface area contributed by atoms with Crippen LogP contribution in [0.3, 0.4) is 0 Å². The van der Waals surface area contributed by atoms with Gasteiger partial charge >= 0.3 is 6.03 Å². The van der Waals surface area contributed by atoms with E-state index in [1.54, 1.807) is 0 Å². The molecule has 0 spiro atoms. The number of carbonyl (C=O) groups excluding carboxylic acids is 1. The molecule has 128 valence electrons. The van der Waals surface area contributed by atoms with Crippen molar-refractivity contribution in [1.82, 2.24) is 15.1 Å². The molecule has 1 heterocycles. The molecule has 1 aliphatic rings. The molecule has 1 fully saturated rings. The van der Waals surface area contributed by atoms with Crippen LogP contribution in [0.5, 0.6) is 0 Å².